The lowest BCUT2D eigenvalue weighted by Gasteiger charge is -2.11. The van der Waals surface area contributed by atoms with Crippen LogP contribution in [0.4, 0.5) is 0 Å². The molecule has 0 aliphatic heterocycles. The molecule has 0 aliphatic carbocycles. The van der Waals surface area contributed by atoms with E-state index < -0.39 is 0 Å². The SMILES string of the molecule is Cc1ncsc1C(C)NCc1cnc[nH]1. The van der Waals surface area contributed by atoms with Gasteiger partial charge in [-0.05, 0) is 13.8 Å². The standard InChI is InChI=1S/C10H14N4S/c1-7(10-8(2)14-6-15-10)12-4-9-3-11-5-13-9/h3,5-7,12H,4H2,1-2H3,(H,11,13). The molecule has 2 rings (SSSR count). The van der Waals surface area contributed by atoms with E-state index in [0.29, 0.717) is 6.04 Å². The van der Waals surface area contributed by atoms with Crippen molar-refractivity contribution in [2.45, 2.75) is 26.4 Å². The smallest absolute Gasteiger partial charge is 0.0922 e. The molecule has 2 aromatic heterocycles. The third-order valence-corrected chi connectivity index (χ3v) is 3.44. The second-order valence-corrected chi connectivity index (χ2v) is 4.37. The predicted octanol–water partition coefficient (Wildman–Crippen LogP) is 2.03. The molecule has 0 saturated heterocycles. The number of H-pyrrole nitrogens is 1. The Balaban J connectivity index is 1.93. The van der Waals surface area contributed by atoms with Gasteiger partial charge in [0.2, 0.25) is 0 Å². The zero-order valence-corrected chi connectivity index (χ0v) is 9.64. The molecule has 1 unspecified atom stereocenters. The summed E-state index contributed by atoms with van der Waals surface area (Å²) in [6.07, 6.45) is 3.53. The number of nitrogens with zero attached hydrogens (tertiary/aromatic N) is 2. The quantitative estimate of drug-likeness (QED) is 0.832. The number of hydrogen-bond donors (Lipinski definition) is 2. The molecular weight excluding hydrogens is 208 g/mol. The minimum Gasteiger partial charge on any atom is -0.347 e. The Morgan fingerprint density at radius 2 is 2.47 bits per heavy atom. The predicted molar refractivity (Wildman–Crippen MR) is 60.7 cm³/mol. The average molecular weight is 222 g/mol. The van der Waals surface area contributed by atoms with Crippen LogP contribution in [0.1, 0.15) is 29.2 Å². The largest absolute Gasteiger partial charge is 0.347 e. The normalized spacial score (nSPS) is 12.9. The molecule has 2 N–H and O–H groups in total. The van der Waals surface area contributed by atoms with Crippen LogP contribution in [0.3, 0.4) is 0 Å². The second kappa shape index (κ2) is 4.55. The Hall–Kier alpha value is -1.20. The topological polar surface area (TPSA) is 53.6 Å². The van der Waals surface area contributed by atoms with Gasteiger partial charge in [-0.2, -0.15) is 0 Å². The van der Waals surface area contributed by atoms with E-state index in [1.54, 1.807) is 17.7 Å². The third kappa shape index (κ3) is 2.43. The highest BCUT2D eigenvalue weighted by molar-refractivity contribution is 7.09. The number of aryl methyl sites for hydroxylation is 1. The molecule has 0 aromatic carbocycles. The first-order chi connectivity index (χ1) is 7.27. The summed E-state index contributed by atoms with van der Waals surface area (Å²) in [5.74, 6) is 0. The van der Waals surface area contributed by atoms with Gasteiger partial charge in [0.1, 0.15) is 0 Å². The highest BCUT2D eigenvalue weighted by Crippen LogP contribution is 2.21. The van der Waals surface area contributed by atoms with Gasteiger partial charge in [-0.3, -0.25) is 0 Å². The van der Waals surface area contributed by atoms with Crippen molar-refractivity contribution in [3.05, 3.63) is 34.3 Å². The summed E-state index contributed by atoms with van der Waals surface area (Å²) in [4.78, 5) is 12.6. The van der Waals surface area contributed by atoms with Crippen molar-refractivity contribution in [2.24, 2.45) is 0 Å². The van der Waals surface area contributed by atoms with Gasteiger partial charge in [-0.25, -0.2) is 9.97 Å². The number of aromatic nitrogens is 3. The van der Waals surface area contributed by atoms with Crippen molar-refractivity contribution < 1.29 is 0 Å². The molecule has 4 nitrogen and oxygen atoms in total. The van der Waals surface area contributed by atoms with Crippen LogP contribution in [0.2, 0.25) is 0 Å². The third-order valence-electron chi connectivity index (χ3n) is 2.33. The highest BCUT2D eigenvalue weighted by Gasteiger charge is 2.10. The van der Waals surface area contributed by atoms with Crippen molar-refractivity contribution in [1.82, 2.24) is 20.3 Å². The van der Waals surface area contributed by atoms with Crippen LogP contribution in [0.15, 0.2) is 18.0 Å². The van der Waals surface area contributed by atoms with Gasteiger partial charge in [-0.1, -0.05) is 0 Å². The van der Waals surface area contributed by atoms with Crippen LogP contribution in [0, 0.1) is 6.92 Å². The molecule has 0 amide bonds. The first kappa shape index (κ1) is 10.3. The second-order valence-electron chi connectivity index (χ2n) is 3.48. The molecule has 0 fully saturated rings. The van der Waals surface area contributed by atoms with E-state index in [2.05, 4.69) is 27.2 Å². The monoisotopic (exact) mass is 222 g/mol. The molecule has 15 heavy (non-hydrogen) atoms. The van der Waals surface area contributed by atoms with Crippen LogP contribution in [0.5, 0.6) is 0 Å². The van der Waals surface area contributed by atoms with Crippen LogP contribution >= 0.6 is 11.3 Å². The van der Waals surface area contributed by atoms with E-state index in [1.165, 1.54) is 4.88 Å². The van der Waals surface area contributed by atoms with Crippen LogP contribution in [-0.2, 0) is 6.54 Å². The fourth-order valence-corrected chi connectivity index (χ4v) is 2.30. The lowest BCUT2D eigenvalue weighted by molar-refractivity contribution is 0.573. The minimum absolute atomic E-state index is 0.334. The molecule has 1 atom stereocenters. The molecule has 2 heterocycles. The van der Waals surface area contributed by atoms with Gasteiger partial charge in [0, 0.05) is 29.4 Å². The van der Waals surface area contributed by atoms with Crippen LogP contribution in [0.25, 0.3) is 0 Å². The minimum atomic E-state index is 0.334. The van der Waals surface area contributed by atoms with Crippen molar-refractivity contribution in [3.8, 4) is 0 Å². The first-order valence-electron chi connectivity index (χ1n) is 4.88. The van der Waals surface area contributed by atoms with E-state index >= 15 is 0 Å². The maximum absolute atomic E-state index is 4.24. The Kier molecular flexibility index (Phi) is 3.13. The maximum atomic E-state index is 4.24. The van der Waals surface area contributed by atoms with Crippen molar-refractivity contribution in [3.63, 3.8) is 0 Å². The zero-order chi connectivity index (χ0) is 10.7. The first-order valence-corrected chi connectivity index (χ1v) is 5.76. The Morgan fingerprint density at radius 1 is 1.60 bits per heavy atom. The van der Waals surface area contributed by atoms with Crippen molar-refractivity contribution >= 4 is 11.3 Å². The lowest BCUT2D eigenvalue weighted by Crippen LogP contribution is -2.18. The van der Waals surface area contributed by atoms with E-state index in [9.17, 15) is 0 Å². The fourth-order valence-electron chi connectivity index (χ4n) is 1.46. The summed E-state index contributed by atoms with van der Waals surface area (Å²) in [6, 6.07) is 0.334. The molecule has 0 spiro atoms. The van der Waals surface area contributed by atoms with Gasteiger partial charge in [0.25, 0.3) is 0 Å². The molecule has 80 valence electrons. The van der Waals surface area contributed by atoms with Crippen molar-refractivity contribution in [1.29, 1.82) is 0 Å². The summed E-state index contributed by atoms with van der Waals surface area (Å²) in [7, 11) is 0. The fraction of sp³-hybridized carbons (Fsp3) is 0.400. The molecule has 2 aromatic rings. The number of aromatic amines is 1. The summed E-state index contributed by atoms with van der Waals surface area (Å²) in [5, 5.41) is 3.43. The summed E-state index contributed by atoms with van der Waals surface area (Å²) >= 11 is 1.70. The average Bonchev–Trinajstić information content (AvgIpc) is 2.84. The van der Waals surface area contributed by atoms with Crippen LogP contribution in [-0.4, -0.2) is 15.0 Å². The number of nitrogens with one attached hydrogen (secondary N) is 2. The molecule has 0 bridgehead atoms. The number of imidazole rings is 1. The molecular formula is C10H14N4S. The van der Waals surface area contributed by atoms with E-state index in [4.69, 9.17) is 0 Å². The van der Waals surface area contributed by atoms with E-state index in [-0.39, 0.29) is 0 Å². The van der Waals surface area contributed by atoms with Crippen molar-refractivity contribution in [2.75, 3.05) is 0 Å². The number of rotatable bonds is 4. The highest BCUT2D eigenvalue weighted by atomic mass is 32.1. The summed E-state index contributed by atoms with van der Waals surface area (Å²) in [6.45, 7) is 5.00. The van der Waals surface area contributed by atoms with Gasteiger partial charge in [0.15, 0.2) is 0 Å². The van der Waals surface area contributed by atoms with E-state index in [1.807, 2.05) is 18.6 Å². The Morgan fingerprint density at radius 3 is 3.07 bits per heavy atom. The maximum Gasteiger partial charge on any atom is 0.0922 e. The molecule has 0 aliphatic rings. The molecule has 0 saturated carbocycles. The molecule has 5 heteroatoms. The van der Waals surface area contributed by atoms with Gasteiger partial charge in [-0.15, -0.1) is 11.3 Å². The lowest BCUT2D eigenvalue weighted by atomic mass is 10.2. The van der Waals surface area contributed by atoms with Gasteiger partial charge >= 0.3 is 0 Å². The van der Waals surface area contributed by atoms with Gasteiger partial charge in [0.05, 0.1) is 17.5 Å². The Bertz CT molecular complexity index is 407. The van der Waals surface area contributed by atoms with Gasteiger partial charge < -0.3 is 10.3 Å². The van der Waals surface area contributed by atoms with Crippen LogP contribution < -0.4 is 5.32 Å². The van der Waals surface area contributed by atoms with E-state index in [0.717, 1.165) is 17.9 Å². The molecule has 0 radical (unpaired) electrons. The Labute approximate surface area is 92.8 Å². The summed E-state index contributed by atoms with van der Waals surface area (Å²) < 4.78 is 0. The number of hydrogen-bond acceptors (Lipinski definition) is 4. The number of thiazole rings is 1. The zero-order valence-electron chi connectivity index (χ0n) is 8.82. The summed E-state index contributed by atoms with van der Waals surface area (Å²) in [5.41, 5.74) is 4.10.